The maximum atomic E-state index is 5.40. The first-order valence-electron chi connectivity index (χ1n) is 7.78. The molecule has 1 fully saturated rings. The molecule has 1 heterocycles. The van der Waals surface area contributed by atoms with Gasteiger partial charge in [0.2, 0.25) is 0 Å². The first-order chi connectivity index (χ1) is 10.2. The number of hydrogen-bond acceptors (Lipinski definition) is 4. The molecule has 0 spiro atoms. The highest BCUT2D eigenvalue weighted by molar-refractivity contribution is 5.43. The van der Waals surface area contributed by atoms with Gasteiger partial charge in [0.15, 0.2) is 11.5 Å². The number of methoxy groups -OCH3 is 2. The second-order valence-electron chi connectivity index (χ2n) is 5.94. The summed E-state index contributed by atoms with van der Waals surface area (Å²) in [5.74, 6) is 2.34. The van der Waals surface area contributed by atoms with Crippen LogP contribution in [0.3, 0.4) is 0 Å². The molecule has 1 N–H and O–H groups in total. The zero-order chi connectivity index (χ0) is 15.2. The Morgan fingerprint density at radius 3 is 2.67 bits per heavy atom. The number of nitrogens with one attached hydrogen (secondary N) is 1. The molecule has 1 aromatic rings. The fraction of sp³-hybridized carbons (Fsp3) is 0.647. The van der Waals surface area contributed by atoms with Gasteiger partial charge in [-0.2, -0.15) is 0 Å². The van der Waals surface area contributed by atoms with Crippen molar-refractivity contribution in [3.8, 4) is 11.5 Å². The number of rotatable bonds is 6. The van der Waals surface area contributed by atoms with Crippen LogP contribution in [0.4, 0.5) is 0 Å². The summed E-state index contributed by atoms with van der Waals surface area (Å²) in [6.45, 7) is 5.69. The van der Waals surface area contributed by atoms with E-state index in [0.29, 0.717) is 6.04 Å². The van der Waals surface area contributed by atoms with Crippen molar-refractivity contribution in [1.82, 2.24) is 10.2 Å². The molecule has 0 bridgehead atoms. The fourth-order valence-corrected chi connectivity index (χ4v) is 3.01. The molecule has 0 amide bonds. The lowest BCUT2D eigenvalue weighted by atomic mass is 9.97. The molecule has 0 aliphatic carbocycles. The average molecular weight is 292 g/mol. The van der Waals surface area contributed by atoms with Crippen molar-refractivity contribution in [2.24, 2.45) is 5.92 Å². The molecule has 4 heteroatoms. The summed E-state index contributed by atoms with van der Waals surface area (Å²) in [6, 6.07) is 6.56. The van der Waals surface area contributed by atoms with E-state index in [2.05, 4.69) is 36.3 Å². The normalized spacial score (nSPS) is 20.3. The molecule has 2 atom stereocenters. The van der Waals surface area contributed by atoms with Gasteiger partial charge in [0.25, 0.3) is 0 Å². The summed E-state index contributed by atoms with van der Waals surface area (Å²) in [6.07, 6.45) is 2.62. The van der Waals surface area contributed by atoms with E-state index in [-0.39, 0.29) is 0 Å². The van der Waals surface area contributed by atoms with Crippen molar-refractivity contribution in [3.05, 3.63) is 23.8 Å². The molecule has 4 nitrogen and oxygen atoms in total. The van der Waals surface area contributed by atoms with Crippen LogP contribution >= 0.6 is 0 Å². The van der Waals surface area contributed by atoms with Gasteiger partial charge in [0.1, 0.15) is 0 Å². The molecule has 1 aliphatic heterocycles. The summed E-state index contributed by atoms with van der Waals surface area (Å²) in [4.78, 5) is 2.43. The average Bonchev–Trinajstić information content (AvgIpc) is 2.54. The molecule has 1 aliphatic rings. The van der Waals surface area contributed by atoms with Gasteiger partial charge in [-0.3, -0.25) is 4.90 Å². The van der Waals surface area contributed by atoms with Gasteiger partial charge in [0.05, 0.1) is 14.2 Å². The van der Waals surface area contributed by atoms with Crippen LogP contribution in [0, 0.1) is 5.92 Å². The Balaban J connectivity index is 2.02. The van der Waals surface area contributed by atoms with Gasteiger partial charge in [-0.1, -0.05) is 6.07 Å². The van der Waals surface area contributed by atoms with E-state index < -0.39 is 0 Å². The molecule has 2 rings (SSSR count). The summed E-state index contributed by atoms with van der Waals surface area (Å²) in [5, 5.41) is 3.49. The van der Waals surface area contributed by atoms with Crippen LogP contribution in [-0.2, 0) is 0 Å². The number of hydrogen-bond donors (Lipinski definition) is 1. The predicted octanol–water partition coefficient (Wildman–Crippen LogP) is 2.70. The van der Waals surface area contributed by atoms with E-state index in [4.69, 9.17) is 9.47 Å². The predicted molar refractivity (Wildman–Crippen MR) is 86.2 cm³/mol. The lowest BCUT2D eigenvalue weighted by molar-refractivity contribution is 0.199. The minimum absolute atomic E-state index is 0.367. The van der Waals surface area contributed by atoms with Crippen LogP contribution < -0.4 is 14.8 Å². The minimum Gasteiger partial charge on any atom is -0.493 e. The van der Waals surface area contributed by atoms with E-state index in [9.17, 15) is 0 Å². The SMILES string of the molecule is COc1ccc(C(C)N(C)CC2CCCNC2)cc1OC. The second kappa shape index (κ2) is 7.66. The molecule has 1 aromatic carbocycles. The van der Waals surface area contributed by atoms with Crippen molar-refractivity contribution in [3.63, 3.8) is 0 Å². The molecule has 0 aromatic heterocycles. The van der Waals surface area contributed by atoms with Crippen LogP contribution in [0.25, 0.3) is 0 Å². The van der Waals surface area contributed by atoms with Crippen molar-refractivity contribution in [1.29, 1.82) is 0 Å². The van der Waals surface area contributed by atoms with Crippen molar-refractivity contribution in [2.45, 2.75) is 25.8 Å². The third-order valence-electron chi connectivity index (χ3n) is 4.50. The quantitative estimate of drug-likeness (QED) is 0.874. The number of benzene rings is 1. The molecule has 118 valence electrons. The Morgan fingerprint density at radius 2 is 2.05 bits per heavy atom. The Morgan fingerprint density at radius 1 is 1.29 bits per heavy atom. The van der Waals surface area contributed by atoms with Crippen LogP contribution in [0.1, 0.15) is 31.4 Å². The van der Waals surface area contributed by atoms with Gasteiger partial charge in [0, 0.05) is 12.6 Å². The second-order valence-corrected chi connectivity index (χ2v) is 5.94. The van der Waals surface area contributed by atoms with Gasteiger partial charge >= 0.3 is 0 Å². The highest BCUT2D eigenvalue weighted by Gasteiger charge is 2.19. The highest BCUT2D eigenvalue weighted by atomic mass is 16.5. The van der Waals surface area contributed by atoms with Crippen LogP contribution in [0.5, 0.6) is 11.5 Å². The summed E-state index contributed by atoms with van der Waals surface area (Å²) in [7, 11) is 5.56. The topological polar surface area (TPSA) is 33.7 Å². The number of piperidine rings is 1. The third-order valence-corrected chi connectivity index (χ3v) is 4.50. The van der Waals surface area contributed by atoms with Crippen LogP contribution in [0.2, 0.25) is 0 Å². The zero-order valence-electron chi connectivity index (χ0n) is 13.7. The maximum Gasteiger partial charge on any atom is 0.161 e. The fourth-order valence-electron chi connectivity index (χ4n) is 3.01. The van der Waals surface area contributed by atoms with E-state index in [0.717, 1.165) is 30.5 Å². The Hall–Kier alpha value is -1.26. The van der Waals surface area contributed by atoms with Gasteiger partial charge in [-0.05, 0) is 63.5 Å². The van der Waals surface area contributed by atoms with Gasteiger partial charge in [-0.15, -0.1) is 0 Å². The first-order valence-corrected chi connectivity index (χ1v) is 7.78. The molecule has 2 unspecified atom stereocenters. The number of nitrogens with zero attached hydrogens (tertiary/aromatic N) is 1. The number of ether oxygens (including phenoxy) is 2. The van der Waals surface area contributed by atoms with Gasteiger partial charge in [-0.25, -0.2) is 0 Å². The van der Waals surface area contributed by atoms with Crippen LogP contribution in [-0.4, -0.2) is 45.8 Å². The van der Waals surface area contributed by atoms with Gasteiger partial charge < -0.3 is 14.8 Å². The summed E-state index contributed by atoms with van der Waals surface area (Å²) in [5.41, 5.74) is 1.26. The Bertz CT molecular complexity index is 444. The lowest BCUT2D eigenvalue weighted by Crippen LogP contribution is -2.37. The third kappa shape index (κ3) is 4.11. The van der Waals surface area contributed by atoms with Crippen molar-refractivity contribution < 1.29 is 9.47 Å². The Labute approximate surface area is 128 Å². The summed E-state index contributed by atoms with van der Waals surface area (Å²) >= 11 is 0. The molecule has 21 heavy (non-hydrogen) atoms. The van der Waals surface area contributed by atoms with E-state index >= 15 is 0 Å². The standard InChI is InChI=1S/C17H28N2O2/c1-13(19(2)12-14-6-5-9-18-11-14)15-7-8-16(20-3)17(10-15)21-4/h7-8,10,13-14,18H,5-6,9,11-12H2,1-4H3. The van der Waals surface area contributed by atoms with E-state index in [1.807, 2.05) is 6.07 Å². The van der Waals surface area contributed by atoms with Crippen molar-refractivity contribution >= 4 is 0 Å². The maximum absolute atomic E-state index is 5.40. The molecule has 0 radical (unpaired) electrons. The molecule has 1 saturated heterocycles. The molecule has 0 saturated carbocycles. The first kappa shape index (κ1) is 16.1. The highest BCUT2D eigenvalue weighted by Crippen LogP contribution is 2.31. The van der Waals surface area contributed by atoms with E-state index in [1.165, 1.54) is 24.9 Å². The largest absolute Gasteiger partial charge is 0.493 e. The van der Waals surface area contributed by atoms with Crippen LogP contribution in [0.15, 0.2) is 18.2 Å². The molecular weight excluding hydrogens is 264 g/mol. The van der Waals surface area contributed by atoms with Crippen molar-refractivity contribution in [2.75, 3.05) is 40.9 Å². The van der Waals surface area contributed by atoms with E-state index in [1.54, 1.807) is 14.2 Å². The monoisotopic (exact) mass is 292 g/mol. The molecular formula is C17H28N2O2. The minimum atomic E-state index is 0.367. The smallest absolute Gasteiger partial charge is 0.161 e. The zero-order valence-corrected chi connectivity index (χ0v) is 13.7. The Kier molecular flexibility index (Phi) is 5.88. The summed E-state index contributed by atoms with van der Waals surface area (Å²) < 4.78 is 10.7. The lowest BCUT2D eigenvalue weighted by Gasteiger charge is -2.31.